The highest BCUT2D eigenvalue weighted by Crippen LogP contribution is 2.43. The molecule has 2 aliphatic carbocycles. The molecule has 3 N–H and O–H groups in total. The van der Waals surface area contributed by atoms with E-state index in [2.05, 4.69) is 17.5 Å². The van der Waals surface area contributed by atoms with Crippen LogP contribution in [0.5, 0.6) is 0 Å². The number of carbonyl (C=O) groups is 1. The number of amides is 1. The van der Waals surface area contributed by atoms with Gasteiger partial charge >= 0.3 is 0 Å². The van der Waals surface area contributed by atoms with Crippen molar-refractivity contribution in [2.24, 2.45) is 22.9 Å². The average Bonchev–Trinajstić information content (AvgIpc) is 3.00. The van der Waals surface area contributed by atoms with Crippen molar-refractivity contribution in [1.82, 2.24) is 0 Å². The Morgan fingerprint density at radius 1 is 1.25 bits per heavy atom. The zero-order chi connectivity index (χ0) is 14.3. The van der Waals surface area contributed by atoms with Crippen LogP contribution in [0.2, 0.25) is 0 Å². The van der Waals surface area contributed by atoms with E-state index in [1.54, 1.807) is 12.1 Å². The van der Waals surface area contributed by atoms with Gasteiger partial charge in [0, 0.05) is 11.6 Å². The molecule has 3 unspecified atom stereocenters. The van der Waals surface area contributed by atoms with Gasteiger partial charge < -0.3 is 5.32 Å². The molecule has 0 aliphatic heterocycles. The first kappa shape index (κ1) is 13.3. The molecule has 1 saturated carbocycles. The minimum atomic E-state index is -3.75. The normalized spacial score (nSPS) is 27.8. The van der Waals surface area contributed by atoms with Crippen LogP contribution in [0.25, 0.3) is 0 Å². The predicted octanol–water partition coefficient (Wildman–Crippen LogP) is 1.48. The van der Waals surface area contributed by atoms with E-state index in [0.717, 1.165) is 12.8 Å². The lowest BCUT2D eigenvalue weighted by Crippen LogP contribution is -2.26. The molecule has 0 heterocycles. The molecule has 0 radical (unpaired) electrons. The van der Waals surface area contributed by atoms with Gasteiger partial charge in [-0.15, -0.1) is 0 Å². The van der Waals surface area contributed by atoms with Crippen LogP contribution >= 0.6 is 0 Å². The number of hydrogen-bond acceptors (Lipinski definition) is 3. The third-order valence-electron chi connectivity index (χ3n) is 4.05. The van der Waals surface area contributed by atoms with Gasteiger partial charge in [0.05, 0.1) is 4.90 Å². The van der Waals surface area contributed by atoms with Gasteiger partial charge in [0.25, 0.3) is 0 Å². The van der Waals surface area contributed by atoms with Crippen molar-refractivity contribution in [2.45, 2.75) is 17.7 Å². The Hall–Kier alpha value is -1.66. The summed E-state index contributed by atoms with van der Waals surface area (Å²) in [5.41, 5.74) is 0.466. The van der Waals surface area contributed by atoms with Crippen molar-refractivity contribution >= 4 is 21.6 Å². The molecular formula is C14H16N2O3S. The summed E-state index contributed by atoms with van der Waals surface area (Å²) in [4.78, 5) is 12.2. The second-order valence-corrected chi connectivity index (χ2v) is 7.01. The fourth-order valence-electron chi connectivity index (χ4n) is 3.07. The van der Waals surface area contributed by atoms with E-state index < -0.39 is 10.0 Å². The van der Waals surface area contributed by atoms with E-state index in [0.29, 0.717) is 17.5 Å². The quantitative estimate of drug-likeness (QED) is 0.827. The molecule has 1 aromatic rings. The summed E-state index contributed by atoms with van der Waals surface area (Å²) >= 11 is 0. The molecule has 106 valence electrons. The highest BCUT2D eigenvalue weighted by atomic mass is 32.2. The van der Waals surface area contributed by atoms with Crippen molar-refractivity contribution in [1.29, 1.82) is 0 Å². The molecule has 1 aromatic carbocycles. The topological polar surface area (TPSA) is 89.3 Å². The minimum absolute atomic E-state index is 0.00291. The number of sulfonamides is 1. The summed E-state index contributed by atoms with van der Waals surface area (Å²) < 4.78 is 22.6. The zero-order valence-corrected chi connectivity index (χ0v) is 11.6. The summed E-state index contributed by atoms with van der Waals surface area (Å²) in [5.74, 6) is 0.782. The molecule has 2 bridgehead atoms. The van der Waals surface area contributed by atoms with E-state index in [1.165, 1.54) is 12.1 Å². The number of hydrogen-bond donors (Lipinski definition) is 2. The van der Waals surface area contributed by atoms with Gasteiger partial charge in [-0.3, -0.25) is 4.79 Å². The summed E-state index contributed by atoms with van der Waals surface area (Å²) in [6.07, 6.45) is 6.21. The first-order valence-electron chi connectivity index (χ1n) is 6.55. The standard InChI is InChI=1S/C14H16N2O3S/c15-20(18,19)12-3-1-2-11(8-12)16-14(17)13-7-9-4-5-10(13)6-9/h1-5,8-10,13H,6-7H2,(H,16,17)(H2,15,18,19). The smallest absolute Gasteiger partial charge is 0.238 e. The van der Waals surface area contributed by atoms with Gasteiger partial charge in [-0.1, -0.05) is 18.2 Å². The lowest BCUT2D eigenvalue weighted by atomic mass is 9.93. The summed E-state index contributed by atoms with van der Waals surface area (Å²) in [7, 11) is -3.75. The van der Waals surface area contributed by atoms with E-state index in [-0.39, 0.29) is 16.7 Å². The highest BCUT2D eigenvalue weighted by molar-refractivity contribution is 7.89. The second kappa shape index (κ2) is 4.71. The Labute approximate surface area is 117 Å². The van der Waals surface area contributed by atoms with Crippen molar-refractivity contribution in [2.75, 3.05) is 5.32 Å². The van der Waals surface area contributed by atoms with Crippen LogP contribution in [-0.2, 0) is 14.8 Å². The summed E-state index contributed by atoms with van der Waals surface area (Å²) in [6.45, 7) is 0. The van der Waals surface area contributed by atoms with Crippen molar-refractivity contribution in [3.63, 3.8) is 0 Å². The molecule has 5 nitrogen and oxygen atoms in total. The van der Waals surface area contributed by atoms with Crippen LogP contribution in [0.4, 0.5) is 5.69 Å². The van der Waals surface area contributed by atoms with E-state index in [9.17, 15) is 13.2 Å². The van der Waals surface area contributed by atoms with Crippen molar-refractivity contribution < 1.29 is 13.2 Å². The van der Waals surface area contributed by atoms with Gasteiger partial charge in [-0.2, -0.15) is 0 Å². The fraction of sp³-hybridized carbons (Fsp3) is 0.357. The van der Waals surface area contributed by atoms with Gasteiger partial charge in [0.15, 0.2) is 0 Å². The monoisotopic (exact) mass is 292 g/mol. The van der Waals surface area contributed by atoms with Gasteiger partial charge in [0.2, 0.25) is 15.9 Å². The van der Waals surface area contributed by atoms with Gasteiger partial charge in [0.1, 0.15) is 0 Å². The van der Waals surface area contributed by atoms with Crippen LogP contribution in [0.1, 0.15) is 12.8 Å². The van der Waals surface area contributed by atoms with Gasteiger partial charge in [-0.05, 0) is 42.9 Å². The average molecular weight is 292 g/mol. The summed E-state index contributed by atoms with van der Waals surface area (Å²) in [6, 6.07) is 6.02. The van der Waals surface area contributed by atoms with Crippen LogP contribution in [0.3, 0.4) is 0 Å². The Morgan fingerprint density at radius 2 is 2.05 bits per heavy atom. The molecule has 1 fully saturated rings. The lowest BCUT2D eigenvalue weighted by molar-refractivity contribution is -0.120. The highest BCUT2D eigenvalue weighted by Gasteiger charge is 2.39. The molecule has 20 heavy (non-hydrogen) atoms. The third kappa shape index (κ3) is 2.48. The number of anilines is 1. The predicted molar refractivity (Wildman–Crippen MR) is 75.3 cm³/mol. The molecule has 3 rings (SSSR count). The minimum Gasteiger partial charge on any atom is -0.326 e. The Bertz CT molecular complexity index is 681. The Morgan fingerprint density at radius 3 is 2.65 bits per heavy atom. The molecule has 6 heteroatoms. The van der Waals surface area contributed by atoms with E-state index in [1.807, 2.05) is 0 Å². The maximum Gasteiger partial charge on any atom is 0.238 e. The van der Waals surface area contributed by atoms with E-state index in [4.69, 9.17) is 5.14 Å². The molecular weight excluding hydrogens is 276 g/mol. The molecule has 3 atom stereocenters. The molecule has 0 saturated heterocycles. The Kier molecular flexibility index (Phi) is 3.14. The first-order chi connectivity index (χ1) is 9.43. The zero-order valence-electron chi connectivity index (χ0n) is 10.8. The number of nitrogens with two attached hydrogens (primary N) is 1. The number of benzene rings is 1. The third-order valence-corrected chi connectivity index (χ3v) is 4.96. The molecule has 1 amide bonds. The fourth-order valence-corrected chi connectivity index (χ4v) is 3.63. The van der Waals surface area contributed by atoms with Crippen molar-refractivity contribution in [3.8, 4) is 0 Å². The number of carbonyl (C=O) groups excluding carboxylic acids is 1. The number of primary sulfonamides is 1. The number of allylic oxidation sites excluding steroid dienone is 2. The maximum absolute atomic E-state index is 12.2. The SMILES string of the molecule is NS(=O)(=O)c1cccc(NC(=O)C2CC3C=CC2C3)c1. The lowest BCUT2D eigenvalue weighted by Gasteiger charge is -2.17. The molecule has 2 aliphatic rings. The van der Waals surface area contributed by atoms with Crippen LogP contribution < -0.4 is 10.5 Å². The largest absolute Gasteiger partial charge is 0.326 e. The first-order valence-corrected chi connectivity index (χ1v) is 8.10. The maximum atomic E-state index is 12.2. The Balaban J connectivity index is 1.75. The number of nitrogens with one attached hydrogen (secondary N) is 1. The second-order valence-electron chi connectivity index (χ2n) is 5.45. The molecule has 0 aromatic heterocycles. The van der Waals surface area contributed by atoms with Gasteiger partial charge in [-0.25, -0.2) is 13.6 Å². The van der Waals surface area contributed by atoms with E-state index >= 15 is 0 Å². The van der Waals surface area contributed by atoms with Crippen LogP contribution in [-0.4, -0.2) is 14.3 Å². The molecule has 0 spiro atoms. The number of rotatable bonds is 3. The number of fused-ring (bicyclic) bond motifs is 2. The van der Waals surface area contributed by atoms with Crippen LogP contribution in [0, 0.1) is 17.8 Å². The van der Waals surface area contributed by atoms with Crippen molar-refractivity contribution in [3.05, 3.63) is 36.4 Å². The van der Waals surface area contributed by atoms with Crippen LogP contribution in [0.15, 0.2) is 41.3 Å². The summed E-state index contributed by atoms with van der Waals surface area (Å²) in [5, 5.41) is 7.87.